The van der Waals surface area contributed by atoms with Crippen molar-refractivity contribution in [3.05, 3.63) is 10.4 Å². The molecule has 0 bridgehead atoms. The maximum Gasteiger partial charge on any atom is 0.228 e. The van der Waals surface area contributed by atoms with Crippen LogP contribution in [0.4, 0.5) is 5.00 Å². The molecule has 1 aliphatic carbocycles. The van der Waals surface area contributed by atoms with Gasteiger partial charge in [-0.2, -0.15) is 0 Å². The number of carbonyl (C=O) groups is 1. The van der Waals surface area contributed by atoms with Crippen molar-refractivity contribution in [2.75, 3.05) is 17.7 Å². The molecule has 0 aromatic carbocycles. The van der Waals surface area contributed by atoms with E-state index in [4.69, 9.17) is 0 Å². The number of hydrogen-bond acceptors (Lipinski definition) is 3. The summed E-state index contributed by atoms with van der Waals surface area (Å²) in [4.78, 5) is 16.2. The lowest BCUT2D eigenvalue weighted by Crippen LogP contribution is -2.24. The second-order valence-electron chi connectivity index (χ2n) is 5.85. The Hall–Kier alpha value is -0.920. The van der Waals surface area contributed by atoms with E-state index in [0.717, 1.165) is 15.6 Å². The van der Waals surface area contributed by atoms with Gasteiger partial charge in [-0.3, -0.25) is 4.79 Å². The van der Waals surface area contributed by atoms with Gasteiger partial charge in [0.25, 0.3) is 0 Å². The van der Waals surface area contributed by atoms with E-state index < -0.39 is 0 Å². The fourth-order valence-electron chi connectivity index (χ4n) is 2.93. The first-order valence-electron chi connectivity index (χ1n) is 7.71. The van der Waals surface area contributed by atoms with Crippen molar-refractivity contribution in [3.8, 4) is 11.8 Å². The van der Waals surface area contributed by atoms with Gasteiger partial charge in [-0.05, 0) is 25.3 Å². The van der Waals surface area contributed by atoms with Crippen LogP contribution in [-0.2, 0) is 4.79 Å². The minimum absolute atomic E-state index is 0.217. The van der Waals surface area contributed by atoms with Gasteiger partial charge in [0.15, 0.2) is 0 Å². The molecule has 1 aromatic rings. The first kappa shape index (κ1) is 15.0. The second kappa shape index (κ2) is 6.46. The molecule has 4 heteroatoms. The number of anilines is 1. The van der Waals surface area contributed by atoms with Crippen LogP contribution in [0.5, 0.6) is 0 Å². The van der Waals surface area contributed by atoms with Gasteiger partial charge in [0.2, 0.25) is 5.91 Å². The van der Waals surface area contributed by atoms with Crippen LogP contribution in [0, 0.1) is 24.7 Å². The van der Waals surface area contributed by atoms with Gasteiger partial charge in [-0.1, -0.05) is 31.1 Å². The van der Waals surface area contributed by atoms with Crippen LogP contribution in [0.15, 0.2) is 4.90 Å². The average Bonchev–Trinajstić information content (AvgIpc) is 2.74. The van der Waals surface area contributed by atoms with Gasteiger partial charge >= 0.3 is 0 Å². The molecule has 112 valence electrons. The molecule has 3 rings (SSSR count). The molecule has 2 aliphatic rings. The van der Waals surface area contributed by atoms with Crippen molar-refractivity contribution in [1.82, 2.24) is 0 Å². The molecular formula is C17H21NOS2. The molecule has 1 amide bonds. The van der Waals surface area contributed by atoms with Gasteiger partial charge in [-0.25, -0.2) is 0 Å². The number of hydrogen-bond donors (Lipinski definition) is 0. The molecule has 0 atom stereocenters. The van der Waals surface area contributed by atoms with Crippen molar-refractivity contribution >= 4 is 34.0 Å². The molecule has 0 saturated heterocycles. The molecule has 1 aliphatic heterocycles. The van der Waals surface area contributed by atoms with Gasteiger partial charge in [0.05, 0.1) is 4.88 Å². The quantitative estimate of drug-likeness (QED) is 0.659. The van der Waals surface area contributed by atoms with Crippen molar-refractivity contribution in [2.24, 2.45) is 5.92 Å². The smallest absolute Gasteiger partial charge is 0.228 e. The highest BCUT2D eigenvalue weighted by molar-refractivity contribution is 7.99. The lowest BCUT2D eigenvalue weighted by atomic mass is 9.90. The van der Waals surface area contributed by atoms with E-state index in [-0.39, 0.29) is 5.91 Å². The Morgan fingerprint density at radius 1 is 1.24 bits per heavy atom. The van der Waals surface area contributed by atoms with Crippen LogP contribution < -0.4 is 4.90 Å². The lowest BCUT2D eigenvalue weighted by molar-refractivity contribution is -0.117. The fourth-order valence-corrected chi connectivity index (χ4v) is 5.40. The van der Waals surface area contributed by atoms with Gasteiger partial charge in [-0.15, -0.1) is 23.1 Å². The zero-order valence-electron chi connectivity index (χ0n) is 12.7. The van der Waals surface area contributed by atoms with Crippen LogP contribution >= 0.6 is 23.1 Å². The summed E-state index contributed by atoms with van der Waals surface area (Å²) >= 11 is 3.49. The van der Waals surface area contributed by atoms with E-state index >= 15 is 0 Å². The molecule has 1 fully saturated rings. The highest BCUT2D eigenvalue weighted by Gasteiger charge is 2.24. The number of rotatable bonds is 0. The van der Waals surface area contributed by atoms with Crippen LogP contribution in [-0.4, -0.2) is 18.7 Å². The largest absolute Gasteiger partial charge is 0.306 e. The van der Waals surface area contributed by atoms with Gasteiger partial charge in [0, 0.05) is 30.0 Å². The first-order chi connectivity index (χ1) is 10.2. The maximum absolute atomic E-state index is 12.0. The molecule has 0 radical (unpaired) electrons. The summed E-state index contributed by atoms with van der Waals surface area (Å²) in [6, 6.07) is 0. The Labute approximate surface area is 135 Å². The standard InChI is InChI=1S/C17H21NOS2/c1-12-14(9-8-13-6-4-3-5-7-13)21-17-16(12)20-11-10-15(19)18(17)2/h13H,3-7,10-11H2,1-2H3. The highest BCUT2D eigenvalue weighted by atomic mass is 32.2. The molecular weight excluding hydrogens is 298 g/mol. The summed E-state index contributed by atoms with van der Waals surface area (Å²) in [7, 11) is 1.89. The highest BCUT2D eigenvalue weighted by Crippen LogP contribution is 2.43. The predicted octanol–water partition coefficient (Wildman–Crippen LogP) is 4.45. The Morgan fingerprint density at radius 2 is 2.00 bits per heavy atom. The molecule has 2 heterocycles. The third-order valence-corrected chi connectivity index (χ3v) is 6.92. The van der Waals surface area contributed by atoms with E-state index in [0.29, 0.717) is 12.3 Å². The molecule has 0 unspecified atom stereocenters. The van der Waals surface area contributed by atoms with E-state index in [9.17, 15) is 4.79 Å². The number of thiophene rings is 1. The summed E-state index contributed by atoms with van der Waals surface area (Å²) in [5.74, 6) is 8.56. The Bertz CT molecular complexity index is 602. The summed E-state index contributed by atoms with van der Waals surface area (Å²) in [5, 5.41) is 1.09. The van der Waals surface area contributed by atoms with E-state index in [1.54, 1.807) is 23.1 Å². The van der Waals surface area contributed by atoms with Crippen molar-refractivity contribution in [2.45, 2.75) is 50.3 Å². The summed E-state index contributed by atoms with van der Waals surface area (Å²) in [6.07, 6.45) is 7.16. The Kier molecular flexibility index (Phi) is 4.61. The number of nitrogens with zero attached hydrogens (tertiary/aromatic N) is 1. The minimum atomic E-state index is 0.217. The lowest BCUT2D eigenvalue weighted by Gasteiger charge is -2.15. The van der Waals surface area contributed by atoms with E-state index in [2.05, 4.69) is 18.8 Å². The molecule has 21 heavy (non-hydrogen) atoms. The van der Waals surface area contributed by atoms with Gasteiger partial charge < -0.3 is 4.90 Å². The second-order valence-corrected chi connectivity index (χ2v) is 7.95. The molecule has 1 aromatic heterocycles. The van der Waals surface area contributed by atoms with Crippen LogP contribution in [0.25, 0.3) is 0 Å². The number of fused-ring (bicyclic) bond motifs is 1. The molecule has 2 nitrogen and oxygen atoms in total. The average molecular weight is 319 g/mol. The molecule has 0 spiro atoms. The van der Waals surface area contributed by atoms with Crippen molar-refractivity contribution < 1.29 is 4.79 Å². The van der Waals surface area contributed by atoms with Crippen molar-refractivity contribution in [1.29, 1.82) is 0 Å². The monoisotopic (exact) mass is 319 g/mol. The summed E-state index contributed by atoms with van der Waals surface area (Å²) in [5.41, 5.74) is 1.27. The van der Waals surface area contributed by atoms with Crippen LogP contribution in [0.1, 0.15) is 49.0 Å². The van der Waals surface area contributed by atoms with Gasteiger partial charge in [0.1, 0.15) is 5.00 Å². The third kappa shape index (κ3) is 3.14. The summed E-state index contributed by atoms with van der Waals surface area (Å²) < 4.78 is 0. The first-order valence-corrected chi connectivity index (χ1v) is 9.51. The zero-order chi connectivity index (χ0) is 14.8. The maximum atomic E-state index is 12.0. The van der Waals surface area contributed by atoms with Crippen LogP contribution in [0.2, 0.25) is 0 Å². The number of thioether (sulfide) groups is 1. The zero-order valence-corrected chi connectivity index (χ0v) is 14.3. The molecule has 1 saturated carbocycles. The minimum Gasteiger partial charge on any atom is -0.306 e. The van der Waals surface area contributed by atoms with E-state index in [1.165, 1.54) is 42.6 Å². The Morgan fingerprint density at radius 3 is 2.76 bits per heavy atom. The number of carbonyl (C=O) groups excluding carboxylic acids is 1. The normalized spacial score (nSPS) is 19.7. The third-order valence-electron chi connectivity index (χ3n) is 4.31. The number of amides is 1. The Balaban J connectivity index is 1.87. The topological polar surface area (TPSA) is 20.3 Å². The predicted molar refractivity (Wildman–Crippen MR) is 91.3 cm³/mol. The van der Waals surface area contributed by atoms with E-state index in [1.807, 2.05) is 11.9 Å². The fraction of sp³-hybridized carbons (Fsp3) is 0.588. The summed E-state index contributed by atoms with van der Waals surface area (Å²) in [6.45, 7) is 2.15. The van der Waals surface area contributed by atoms with Crippen LogP contribution in [0.3, 0.4) is 0 Å². The molecule has 0 N–H and O–H groups in total. The SMILES string of the molecule is Cc1c(C#CC2CCCCC2)sc2c1SCCC(=O)N2C. The van der Waals surface area contributed by atoms with Crippen molar-refractivity contribution in [3.63, 3.8) is 0 Å².